The minimum absolute atomic E-state index is 0.0917. The zero-order chi connectivity index (χ0) is 12.2. The normalized spacial score (nSPS) is 13.6. The first-order chi connectivity index (χ1) is 7.42. The van der Waals surface area contributed by atoms with Crippen LogP contribution in [0.1, 0.15) is 18.0 Å². The minimum Gasteiger partial charge on any atom is -0.544 e. The summed E-state index contributed by atoms with van der Waals surface area (Å²) in [5, 5.41) is 8.81. The molecule has 0 heterocycles. The van der Waals surface area contributed by atoms with Gasteiger partial charge in [-0.3, -0.25) is 0 Å². The quantitative estimate of drug-likeness (QED) is 0.775. The summed E-state index contributed by atoms with van der Waals surface area (Å²) in [4.78, 5) is 0. The number of hydrogen-bond donors (Lipinski definition) is 2. The Kier molecular flexibility index (Phi) is 4.52. The second kappa shape index (κ2) is 5.47. The average molecular weight is 239 g/mol. The molecule has 0 saturated carbocycles. The molecule has 1 aromatic rings. The van der Waals surface area contributed by atoms with Crippen molar-refractivity contribution in [3.8, 4) is 5.75 Å². The van der Waals surface area contributed by atoms with E-state index in [2.05, 4.69) is 19.6 Å². The summed E-state index contributed by atoms with van der Waals surface area (Å²) in [5.74, 6) is 0.902. The van der Waals surface area contributed by atoms with Crippen molar-refractivity contribution in [2.75, 3.05) is 6.61 Å². The molecule has 3 N–H and O–H groups in total. The Hall–Kier alpha value is -0.843. The molecule has 0 aliphatic heterocycles. The Bertz CT molecular complexity index is 319. The zero-order valence-corrected chi connectivity index (χ0v) is 11.2. The van der Waals surface area contributed by atoms with Crippen LogP contribution in [0.15, 0.2) is 24.3 Å². The second-order valence-corrected chi connectivity index (χ2v) is 9.33. The van der Waals surface area contributed by atoms with Gasteiger partial charge in [-0.25, -0.2) is 0 Å². The summed E-state index contributed by atoms with van der Waals surface area (Å²) in [6.07, 6.45) is 0.591. The molecule has 0 fully saturated rings. The van der Waals surface area contributed by atoms with Crippen LogP contribution in [-0.4, -0.2) is 20.0 Å². The number of nitrogens with two attached hydrogens (primary N) is 1. The number of benzene rings is 1. The molecule has 3 nitrogen and oxygen atoms in total. The van der Waals surface area contributed by atoms with Crippen LogP contribution >= 0.6 is 0 Å². The van der Waals surface area contributed by atoms with Crippen molar-refractivity contribution < 1.29 is 9.53 Å². The fraction of sp³-hybridized carbons (Fsp3) is 0.500. The minimum atomic E-state index is -1.53. The van der Waals surface area contributed by atoms with Crippen molar-refractivity contribution in [2.24, 2.45) is 5.73 Å². The summed E-state index contributed by atoms with van der Waals surface area (Å²) in [5.41, 5.74) is 6.93. The molecule has 0 radical (unpaired) electrons. The maximum absolute atomic E-state index is 8.81. The highest BCUT2D eigenvalue weighted by atomic mass is 28.4. The molecule has 90 valence electrons. The van der Waals surface area contributed by atoms with Gasteiger partial charge in [0.15, 0.2) is 0 Å². The molecule has 1 atom stereocenters. The lowest BCUT2D eigenvalue weighted by molar-refractivity contribution is 0.276. The summed E-state index contributed by atoms with van der Waals surface area (Å²) in [6.45, 7) is 6.57. The van der Waals surface area contributed by atoms with Crippen molar-refractivity contribution in [3.05, 3.63) is 29.8 Å². The molecule has 1 rings (SSSR count). The van der Waals surface area contributed by atoms with Gasteiger partial charge in [0.1, 0.15) is 5.75 Å². The molecular formula is C12H21NO2Si. The third kappa shape index (κ3) is 4.34. The number of rotatable bonds is 5. The van der Waals surface area contributed by atoms with Gasteiger partial charge in [-0.2, -0.15) is 0 Å². The molecule has 0 spiro atoms. The highest BCUT2D eigenvalue weighted by molar-refractivity contribution is 6.70. The Labute approximate surface area is 98.4 Å². The van der Waals surface area contributed by atoms with E-state index >= 15 is 0 Å². The third-order valence-corrected chi connectivity index (χ3v) is 3.02. The van der Waals surface area contributed by atoms with Gasteiger partial charge in [0.2, 0.25) is 8.32 Å². The molecule has 0 bridgehead atoms. The Morgan fingerprint density at radius 2 is 1.81 bits per heavy atom. The van der Waals surface area contributed by atoms with Crippen LogP contribution < -0.4 is 10.2 Å². The first kappa shape index (κ1) is 13.2. The van der Waals surface area contributed by atoms with Crippen LogP contribution in [0.4, 0.5) is 0 Å². The number of aliphatic hydroxyl groups excluding tert-OH is 1. The molecule has 4 heteroatoms. The molecule has 0 aromatic heterocycles. The maximum Gasteiger partial charge on any atom is 0.242 e. The predicted molar refractivity (Wildman–Crippen MR) is 69.0 cm³/mol. The first-order valence-corrected chi connectivity index (χ1v) is 8.98. The summed E-state index contributed by atoms with van der Waals surface area (Å²) >= 11 is 0. The molecule has 1 aromatic carbocycles. The highest BCUT2D eigenvalue weighted by Crippen LogP contribution is 2.20. The molecule has 0 amide bonds. The van der Waals surface area contributed by atoms with E-state index < -0.39 is 8.32 Å². The van der Waals surface area contributed by atoms with Gasteiger partial charge in [-0.1, -0.05) is 12.1 Å². The van der Waals surface area contributed by atoms with E-state index in [1.165, 1.54) is 0 Å². The average Bonchev–Trinajstić information content (AvgIpc) is 2.16. The number of hydrogen-bond acceptors (Lipinski definition) is 3. The van der Waals surface area contributed by atoms with E-state index in [0.717, 1.165) is 11.3 Å². The standard InChI is InChI=1S/C12H21NO2Si/c1-16(2,3)15-11-6-4-10(5-7-11)12(13)8-9-14/h4-7,12,14H,8-9,13H2,1-3H3/t12-/m1/s1. The van der Waals surface area contributed by atoms with E-state index in [4.69, 9.17) is 15.3 Å². The highest BCUT2D eigenvalue weighted by Gasteiger charge is 2.16. The van der Waals surface area contributed by atoms with Crippen molar-refractivity contribution in [1.29, 1.82) is 0 Å². The van der Waals surface area contributed by atoms with Crippen molar-refractivity contribution >= 4 is 8.32 Å². The maximum atomic E-state index is 8.81. The van der Waals surface area contributed by atoms with Gasteiger partial charge < -0.3 is 15.3 Å². The second-order valence-electron chi connectivity index (χ2n) is 4.90. The molecule has 0 saturated heterocycles. The lowest BCUT2D eigenvalue weighted by Gasteiger charge is -2.19. The van der Waals surface area contributed by atoms with Gasteiger partial charge in [0.25, 0.3) is 0 Å². The van der Waals surface area contributed by atoms with Crippen molar-refractivity contribution in [3.63, 3.8) is 0 Å². The largest absolute Gasteiger partial charge is 0.544 e. The summed E-state index contributed by atoms with van der Waals surface area (Å²) in [7, 11) is -1.53. The predicted octanol–water partition coefficient (Wildman–Crippen LogP) is 2.28. The van der Waals surface area contributed by atoms with Gasteiger partial charge >= 0.3 is 0 Å². The molecule has 0 unspecified atom stereocenters. The topological polar surface area (TPSA) is 55.5 Å². The number of aliphatic hydroxyl groups is 1. The van der Waals surface area contributed by atoms with Crippen LogP contribution in [-0.2, 0) is 0 Å². The summed E-state index contributed by atoms with van der Waals surface area (Å²) in [6, 6.07) is 7.74. The SMILES string of the molecule is C[Si](C)(C)Oc1ccc([C@H](N)CCO)cc1. The van der Waals surface area contributed by atoms with Crippen LogP contribution in [0.2, 0.25) is 19.6 Å². The first-order valence-electron chi connectivity index (χ1n) is 5.58. The van der Waals surface area contributed by atoms with Crippen LogP contribution in [0.3, 0.4) is 0 Å². The van der Waals surface area contributed by atoms with E-state index in [1.54, 1.807) is 0 Å². The van der Waals surface area contributed by atoms with Gasteiger partial charge in [-0.05, 0) is 43.8 Å². The van der Waals surface area contributed by atoms with Crippen molar-refractivity contribution in [1.82, 2.24) is 0 Å². The molecule has 0 aliphatic rings. The molecular weight excluding hydrogens is 218 g/mol. The van der Waals surface area contributed by atoms with Crippen molar-refractivity contribution in [2.45, 2.75) is 32.1 Å². The molecule has 0 aliphatic carbocycles. The Balaban J connectivity index is 2.68. The van der Waals surface area contributed by atoms with Crippen LogP contribution in [0, 0.1) is 0 Å². The summed E-state index contributed by atoms with van der Waals surface area (Å²) < 4.78 is 5.85. The molecule has 16 heavy (non-hydrogen) atoms. The fourth-order valence-electron chi connectivity index (χ4n) is 1.44. The van der Waals surface area contributed by atoms with Gasteiger partial charge in [0, 0.05) is 12.6 Å². The van der Waals surface area contributed by atoms with E-state index in [-0.39, 0.29) is 12.6 Å². The van der Waals surface area contributed by atoms with Crippen LogP contribution in [0.5, 0.6) is 5.75 Å². The van der Waals surface area contributed by atoms with E-state index in [1.807, 2.05) is 24.3 Å². The zero-order valence-electron chi connectivity index (χ0n) is 10.2. The van der Waals surface area contributed by atoms with Gasteiger partial charge in [0.05, 0.1) is 0 Å². The smallest absolute Gasteiger partial charge is 0.242 e. The Morgan fingerprint density at radius 3 is 2.25 bits per heavy atom. The lowest BCUT2D eigenvalue weighted by Crippen LogP contribution is -2.29. The Morgan fingerprint density at radius 1 is 1.25 bits per heavy atom. The third-order valence-electron chi connectivity index (χ3n) is 2.17. The fourth-order valence-corrected chi connectivity index (χ4v) is 2.29. The van der Waals surface area contributed by atoms with E-state index in [9.17, 15) is 0 Å². The van der Waals surface area contributed by atoms with E-state index in [0.29, 0.717) is 6.42 Å². The van der Waals surface area contributed by atoms with Gasteiger partial charge in [-0.15, -0.1) is 0 Å². The van der Waals surface area contributed by atoms with Crippen LogP contribution in [0.25, 0.3) is 0 Å². The lowest BCUT2D eigenvalue weighted by atomic mass is 10.1. The monoisotopic (exact) mass is 239 g/mol.